The molecule has 1 aliphatic rings. The summed E-state index contributed by atoms with van der Waals surface area (Å²) in [4.78, 5) is 21.4. The number of anilines is 1. The number of hydroxylamine groups is 1. The summed E-state index contributed by atoms with van der Waals surface area (Å²) >= 11 is 0. The molecule has 0 spiro atoms. The molecule has 0 aromatic carbocycles. The van der Waals surface area contributed by atoms with Gasteiger partial charge in [-0.15, -0.1) is 0 Å². The molecule has 0 bridgehead atoms. The van der Waals surface area contributed by atoms with Crippen LogP contribution in [-0.2, 0) is 16.1 Å². The van der Waals surface area contributed by atoms with E-state index in [1.54, 1.807) is 6.20 Å². The van der Waals surface area contributed by atoms with Crippen molar-refractivity contribution < 1.29 is 9.63 Å². The fourth-order valence-corrected chi connectivity index (χ4v) is 1.70. The summed E-state index contributed by atoms with van der Waals surface area (Å²) in [5, 5.41) is 1.36. The molecule has 86 valence electrons. The number of aryl methyl sites for hydroxylation is 1. The monoisotopic (exact) mass is 220 g/mol. The lowest BCUT2D eigenvalue weighted by Gasteiger charge is -2.26. The number of aromatic nitrogens is 1. The maximum Gasteiger partial charge on any atom is 0.252 e. The molecule has 0 atom stereocenters. The van der Waals surface area contributed by atoms with Gasteiger partial charge in [-0.1, -0.05) is 19.4 Å². The third-order valence-corrected chi connectivity index (χ3v) is 2.61. The Labute approximate surface area is 95.2 Å². The molecule has 16 heavy (non-hydrogen) atoms. The van der Waals surface area contributed by atoms with Gasteiger partial charge in [0.15, 0.2) is 5.82 Å². The SMILES string of the molecule is CCCCON1C(=O)CCc2cccnc21. The average molecular weight is 220 g/mol. The third kappa shape index (κ3) is 2.22. The fourth-order valence-electron chi connectivity index (χ4n) is 1.70. The van der Waals surface area contributed by atoms with Gasteiger partial charge >= 0.3 is 0 Å². The molecule has 0 saturated heterocycles. The van der Waals surface area contributed by atoms with E-state index >= 15 is 0 Å². The number of hydrogen-bond acceptors (Lipinski definition) is 3. The smallest absolute Gasteiger partial charge is 0.252 e. The van der Waals surface area contributed by atoms with E-state index in [-0.39, 0.29) is 5.91 Å². The highest BCUT2D eigenvalue weighted by Crippen LogP contribution is 2.25. The van der Waals surface area contributed by atoms with Crippen LogP contribution in [0.1, 0.15) is 31.7 Å². The zero-order valence-electron chi connectivity index (χ0n) is 9.48. The van der Waals surface area contributed by atoms with E-state index in [0.717, 1.165) is 24.8 Å². The first kappa shape index (κ1) is 11.1. The van der Waals surface area contributed by atoms with Gasteiger partial charge in [-0.3, -0.25) is 9.63 Å². The Hall–Kier alpha value is -1.42. The van der Waals surface area contributed by atoms with E-state index in [4.69, 9.17) is 4.84 Å². The molecule has 2 rings (SSSR count). The van der Waals surface area contributed by atoms with Gasteiger partial charge in [0.05, 0.1) is 6.61 Å². The van der Waals surface area contributed by atoms with E-state index in [1.807, 2.05) is 12.1 Å². The van der Waals surface area contributed by atoms with Crippen LogP contribution in [0.4, 0.5) is 5.82 Å². The van der Waals surface area contributed by atoms with Crippen LogP contribution in [0, 0.1) is 0 Å². The van der Waals surface area contributed by atoms with E-state index in [0.29, 0.717) is 18.8 Å². The molecular weight excluding hydrogens is 204 g/mol. The Morgan fingerprint density at radius 3 is 3.19 bits per heavy atom. The van der Waals surface area contributed by atoms with Crippen molar-refractivity contribution in [1.82, 2.24) is 4.98 Å². The minimum atomic E-state index is 0.00213. The maximum absolute atomic E-state index is 11.7. The summed E-state index contributed by atoms with van der Waals surface area (Å²) in [5.74, 6) is 0.664. The number of fused-ring (bicyclic) bond motifs is 1. The van der Waals surface area contributed by atoms with Crippen LogP contribution < -0.4 is 5.06 Å². The zero-order valence-corrected chi connectivity index (χ0v) is 9.48. The molecule has 1 aromatic heterocycles. The lowest BCUT2D eigenvalue weighted by molar-refractivity contribution is -0.126. The van der Waals surface area contributed by atoms with Crippen LogP contribution in [0.5, 0.6) is 0 Å². The van der Waals surface area contributed by atoms with Crippen LogP contribution in [-0.4, -0.2) is 17.5 Å². The Kier molecular flexibility index (Phi) is 3.51. The first-order valence-electron chi connectivity index (χ1n) is 5.72. The summed E-state index contributed by atoms with van der Waals surface area (Å²) < 4.78 is 0. The summed E-state index contributed by atoms with van der Waals surface area (Å²) in [6.07, 6.45) is 4.96. The zero-order chi connectivity index (χ0) is 11.4. The molecule has 2 heterocycles. The van der Waals surface area contributed by atoms with E-state index in [9.17, 15) is 4.79 Å². The Morgan fingerprint density at radius 1 is 1.50 bits per heavy atom. The molecule has 0 saturated carbocycles. The predicted molar refractivity (Wildman–Crippen MR) is 60.9 cm³/mol. The molecule has 0 radical (unpaired) electrons. The number of hydrogen-bond donors (Lipinski definition) is 0. The average Bonchev–Trinajstić information content (AvgIpc) is 2.32. The molecule has 0 fully saturated rings. The normalized spacial score (nSPS) is 15.1. The van der Waals surface area contributed by atoms with E-state index < -0.39 is 0 Å². The topological polar surface area (TPSA) is 42.4 Å². The molecule has 4 heteroatoms. The third-order valence-electron chi connectivity index (χ3n) is 2.61. The number of carbonyl (C=O) groups excluding carboxylic acids is 1. The molecule has 1 aromatic rings. The Balaban J connectivity index is 2.13. The van der Waals surface area contributed by atoms with Gasteiger partial charge in [0.1, 0.15) is 0 Å². The lowest BCUT2D eigenvalue weighted by atomic mass is 10.1. The Morgan fingerprint density at radius 2 is 2.38 bits per heavy atom. The van der Waals surface area contributed by atoms with Gasteiger partial charge in [0.25, 0.3) is 5.91 Å². The maximum atomic E-state index is 11.7. The lowest BCUT2D eigenvalue weighted by Crippen LogP contribution is -2.36. The van der Waals surface area contributed by atoms with Crippen molar-refractivity contribution in [3.05, 3.63) is 23.9 Å². The van der Waals surface area contributed by atoms with E-state index in [2.05, 4.69) is 11.9 Å². The minimum absolute atomic E-state index is 0.00213. The first-order valence-corrected chi connectivity index (χ1v) is 5.72. The fraction of sp³-hybridized carbons (Fsp3) is 0.500. The standard InChI is InChI=1S/C12H16N2O2/c1-2-3-9-16-14-11(15)7-6-10-5-4-8-13-12(10)14/h4-5,8H,2-3,6-7,9H2,1H3. The van der Waals surface area contributed by atoms with Crippen molar-refractivity contribution in [2.45, 2.75) is 32.6 Å². The number of nitrogens with zero attached hydrogens (tertiary/aromatic N) is 2. The number of amides is 1. The second-order valence-corrected chi connectivity index (χ2v) is 3.86. The van der Waals surface area contributed by atoms with Crippen LogP contribution in [0.3, 0.4) is 0 Å². The number of rotatable bonds is 4. The highest BCUT2D eigenvalue weighted by Gasteiger charge is 2.25. The second-order valence-electron chi connectivity index (χ2n) is 3.86. The van der Waals surface area contributed by atoms with Crippen LogP contribution in [0.15, 0.2) is 18.3 Å². The number of unbranched alkanes of at least 4 members (excludes halogenated alkanes) is 1. The summed E-state index contributed by atoms with van der Waals surface area (Å²) in [5.41, 5.74) is 1.08. The van der Waals surface area contributed by atoms with Gasteiger partial charge in [0.2, 0.25) is 0 Å². The molecular formula is C12H16N2O2. The molecule has 1 amide bonds. The number of carbonyl (C=O) groups is 1. The summed E-state index contributed by atoms with van der Waals surface area (Å²) in [6, 6.07) is 3.88. The van der Waals surface area contributed by atoms with E-state index in [1.165, 1.54) is 5.06 Å². The first-order chi connectivity index (χ1) is 7.83. The highest BCUT2D eigenvalue weighted by atomic mass is 16.7. The molecule has 1 aliphatic heterocycles. The molecule has 0 N–H and O–H groups in total. The van der Waals surface area contributed by atoms with Crippen molar-refractivity contribution in [1.29, 1.82) is 0 Å². The molecule has 0 unspecified atom stereocenters. The van der Waals surface area contributed by atoms with Gasteiger partial charge < -0.3 is 0 Å². The van der Waals surface area contributed by atoms with Gasteiger partial charge in [-0.05, 0) is 24.5 Å². The molecule has 4 nitrogen and oxygen atoms in total. The summed E-state index contributed by atoms with van der Waals surface area (Å²) in [7, 11) is 0. The van der Waals surface area contributed by atoms with Crippen molar-refractivity contribution in [3.63, 3.8) is 0 Å². The number of pyridine rings is 1. The van der Waals surface area contributed by atoms with Gasteiger partial charge in [-0.25, -0.2) is 4.98 Å². The van der Waals surface area contributed by atoms with Crippen LogP contribution >= 0.6 is 0 Å². The quantitative estimate of drug-likeness (QED) is 0.730. The van der Waals surface area contributed by atoms with Crippen molar-refractivity contribution >= 4 is 11.7 Å². The summed E-state index contributed by atoms with van der Waals surface area (Å²) in [6.45, 7) is 2.66. The van der Waals surface area contributed by atoms with Crippen LogP contribution in [0.25, 0.3) is 0 Å². The largest absolute Gasteiger partial charge is 0.272 e. The van der Waals surface area contributed by atoms with Crippen molar-refractivity contribution in [3.8, 4) is 0 Å². The Bertz CT molecular complexity index is 379. The molecule has 0 aliphatic carbocycles. The second kappa shape index (κ2) is 5.07. The van der Waals surface area contributed by atoms with Gasteiger partial charge in [-0.2, -0.15) is 5.06 Å². The van der Waals surface area contributed by atoms with Gasteiger partial charge in [0, 0.05) is 12.6 Å². The predicted octanol–water partition coefficient (Wildman–Crippen LogP) is 2.09. The highest BCUT2D eigenvalue weighted by molar-refractivity contribution is 5.93. The van der Waals surface area contributed by atoms with Crippen molar-refractivity contribution in [2.24, 2.45) is 0 Å². The van der Waals surface area contributed by atoms with Crippen LogP contribution in [0.2, 0.25) is 0 Å². The minimum Gasteiger partial charge on any atom is -0.272 e. The van der Waals surface area contributed by atoms with Crippen molar-refractivity contribution in [2.75, 3.05) is 11.7 Å².